The van der Waals surface area contributed by atoms with Crippen molar-refractivity contribution in [3.63, 3.8) is 0 Å². The molecule has 8 nitrogen and oxygen atoms in total. The molecule has 5 rings (SSSR count). The zero-order valence-electron chi connectivity index (χ0n) is 16.2. The Kier molecular flexibility index (Phi) is 4.44. The Bertz CT molecular complexity index is 1400. The van der Waals surface area contributed by atoms with E-state index in [9.17, 15) is 29.3 Å². The van der Waals surface area contributed by atoms with E-state index in [1.165, 1.54) is 12.1 Å². The molecular weight excluding hydrogens is 435 g/mol. The minimum atomic E-state index is -4.99. The molecule has 9 heteroatoms. The lowest BCUT2D eigenvalue weighted by atomic mass is 9.90. The Morgan fingerprint density at radius 2 is 1.19 bits per heavy atom. The smallest absolute Gasteiger partial charge is 0.545 e. The first-order chi connectivity index (χ1) is 15.2. The molecule has 1 aliphatic heterocycles. The van der Waals surface area contributed by atoms with Crippen LogP contribution in [0.5, 0.6) is 11.5 Å². The molecule has 0 atom stereocenters. The molecule has 32 heavy (non-hydrogen) atoms. The van der Waals surface area contributed by atoms with Crippen molar-refractivity contribution in [3.05, 3.63) is 82.9 Å². The summed E-state index contributed by atoms with van der Waals surface area (Å²) in [7, 11) is -4.99. The summed E-state index contributed by atoms with van der Waals surface area (Å²) in [5.74, 6) is -3.91. The van der Waals surface area contributed by atoms with Gasteiger partial charge < -0.3 is 28.8 Å². The number of carboxylic acids is 2. The second-order valence-electron chi connectivity index (χ2n) is 7.31. The lowest BCUT2D eigenvalue weighted by Gasteiger charge is -2.27. The number of phosphoric acid groups is 1. The van der Waals surface area contributed by atoms with Crippen LogP contribution < -0.4 is 19.3 Å². The largest absolute Gasteiger partial charge is 0.584 e. The Morgan fingerprint density at radius 1 is 0.781 bits per heavy atom. The van der Waals surface area contributed by atoms with Crippen LogP contribution in [0.4, 0.5) is 0 Å². The summed E-state index contributed by atoms with van der Waals surface area (Å²) < 4.78 is 23.2. The van der Waals surface area contributed by atoms with Crippen LogP contribution in [-0.2, 0) is 11.0 Å². The maximum absolute atomic E-state index is 12.8. The van der Waals surface area contributed by atoms with Crippen LogP contribution in [0, 0.1) is 0 Å². The first kappa shape index (κ1) is 20.1. The average molecular weight is 448 g/mol. The zero-order valence-corrected chi connectivity index (χ0v) is 17.1. The number of fused-ring (bicyclic) bond motifs is 6. The van der Waals surface area contributed by atoms with Gasteiger partial charge in [-0.3, -0.25) is 4.89 Å². The SMILES string of the molecule is O=C([O-])c1cc2ccccc2c2c1OP(=O)(O)Oc1c(C(=O)[O-])cc3ccccc3c1C2. The Labute approximate surface area is 180 Å². The first-order valence-electron chi connectivity index (χ1n) is 9.49. The molecule has 1 aliphatic rings. The monoisotopic (exact) mass is 448 g/mol. The van der Waals surface area contributed by atoms with Crippen molar-refractivity contribution in [2.45, 2.75) is 6.42 Å². The molecule has 4 aromatic carbocycles. The highest BCUT2D eigenvalue weighted by Gasteiger charge is 2.34. The first-order valence-corrected chi connectivity index (χ1v) is 11.0. The zero-order chi connectivity index (χ0) is 22.6. The highest BCUT2D eigenvalue weighted by Crippen LogP contribution is 2.53. The van der Waals surface area contributed by atoms with E-state index >= 15 is 0 Å². The van der Waals surface area contributed by atoms with E-state index in [0.29, 0.717) is 32.7 Å². The van der Waals surface area contributed by atoms with Crippen LogP contribution in [-0.4, -0.2) is 16.8 Å². The number of hydrogen-bond acceptors (Lipinski definition) is 7. The van der Waals surface area contributed by atoms with E-state index in [1.807, 2.05) is 0 Å². The van der Waals surface area contributed by atoms with E-state index in [4.69, 9.17) is 9.05 Å². The molecule has 160 valence electrons. The Morgan fingerprint density at radius 3 is 1.59 bits per heavy atom. The van der Waals surface area contributed by atoms with Crippen LogP contribution in [0.15, 0.2) is 60.7 Å². The van der Waals surface area contributed by atoms with Crippen molar-refractivity contribution < 1.29 is 38.3 Å². The van der Waals surface area contributed by atoms with Crippen molar-refractivity contribution in [3.8, 4) is 11.5 Å². The Hall–Kier alpha value is -3.87. The third-order valence-corrected chi connectivity index (χ3v) is 6.24. The standard InChI is InChI=1S/C23H15O8P/c24-22(25)18-9-12-5-1-3-7-14(12)16-11-17-15-8-4-2-6-13(15)10-19(23(26)27)21(17)31-32(28,29)30-20(16)18/h1-10H,11H2,(H,24,25)(H,26,27)(H,28,29)/p-2. The van der Waals surface area contributed by atoms with Crippen molar-refractivity contribution in [2.24, 2.45) is 0 Å². The molecule has 0 saturated carbocycles. The van der Waals surface area contributed by atoms with Gasteiger partial charge in [-0.15, -0.1) is 0 Å². The third-order valence-electron chi connectivity index (χ3n) is 5.42. The molecule has 4 aromatic rings. The lowest BCUT2D eigenvalue weighted by molar-refractivity contribution is -0.256. The maximum atomic E-state index is 12.8. The summed E-state index contributed by atoms with van der Waals surface area (Å²) in [5, 5.41) is 25.9. The van der Waals surface area contributed by atoms with Gasteiger partial charge in [-0.2, -0.15) is 0 Å². The summed E-state index contributed by atoms with van der Waals surface area (Å²) >= 11 is 0. The third kappa shape index (κ3) is 3.17. The van der Waals surface area contributed by atoms with Gasteiger partial charge >= 0.3 is 7.82 Å². The maximum Gasteiger partial charge on any atom is 0.584 e. The minimum absolute atomic E-state index is 0.0338. The van der Waals surface area contributed by atoms with Crippen LogP contribution in [0.3, 0.4) is 0 Å². The number of aromatic carboxylic acids is 2. The van der Waals surface area contributed by atoms with Crippen molar-refractivity contribution >= 4 is 41.3 Å². The fraction of sp³-hybridized carbons (Fsp3) is 0.0435. The predicted octanol–water partition coefficient (Wildman–Crippen LogP) is 2.18. The molecule has 0 spiro atoms. The van der Waals surface area contributed by atoms with Crippen molar-refractivity contribution in [2.75, 3.05) is 0 Å². The van der Waals surface area contributed by atoms with Crippen LogP contribution >= 0.6 is 7.82 Å². The lowest BCUT2D eigenvalue weighted by Crippen LogP contribution is -2.25. The molecule has 0 amide bonds. The summed E-state index contributed by atoms with van der Waals surface area (Å²) in [4.78, 5) is 34.1. The molecule has 0 saturated heterocycles. The molecule has 1 heterocycles. The highest BCUT2D eigenvalue weighted by molar-refractivity contribution is 7.48. The molecule has 0 bridgehead atoms. The van der Waals surface area contributed by atoms with Gasteiger partial charge in [0.15, 0.2) is 0 Å². The van der Waals surface area contributed by atoms with E-state index < -0.39 is 30.9 Å². The Balaban J connectivity index is 1.95. The molecule has 0 fully saturated rings. The van der Waals surface area contributed by atoms with Gasteiger partial charge in [0.05, 0.1) is 11.9 Å². The molecular formula is C23H13O8P-2. The normalized spacial score (nSPS) is 14.4. The van der Waals surface area contributed by atoms with E-state index in [1.54, 1.807) is 48.5 Å². The number of carbonyl (C=O) groups is 2. The number of carboxylic acid groups (broad SMARTS) is 2. The second kappa shape index (κ2) is 7.09. The predicted molar refractivity (Wildman–Crippen MR) is 110 cm³/mol. The summed E-state index contributed by atoms with van der Waals surface area (Å²) in [6.45, 7) is 0. The van der Waals surface area contributed by atoms with Gasteiger partial charge in [0.1, 0.15) is 11.5 Å². The average Bonchev–Trinajstić information content (AvgIpc) is 2.74. The highest BCUT2D eigenvalue weighted by atomic mass is 31.2. The van der Waals surface area contributed by atoms with Crippen LogP contribution in [0.2, 0.25) is 0 Å². The second-order valence-corrected chi connectivity index (χ2v) is 8.61. The van der Waals surface area contributed by atoms with E-state index in [2.05, 4.69) is 0 Å². The van der Waals surface area contributed by atoms with Gasteiger partial charge in [-0.25, -0.2) is 4.57 Å². The summed E-state index contributed by atoms with van der Waals surface area (Å²) in [6, 6.07) is 16.3. The van der Waals surface area contributed by atoms with Gasteiger partial charge in [0.25, 0.3) is 0 Å². The summed E-state index contributed by atoms with van der Waals surface area (Å²) in [5.41, 5.74) is -0.246. The molecule has 0 aromatic heterocycles. The topological polar surface area (TPSA) is 136 Å². The van der Waals surface area contributed by atoms with E-state index in [0.717, 1.165) is 0 Å². The number of hydrogen-bond donors (Lipinski definition) is 1. The quantitative estimate of drug-likeness (QED) is 0.461. The minimum Gasteiger partial charge on any atom is -0.545 e. The van der Waals surface area contributed by atoms with Gasteiger partial charge in [-0.05, 0) is 33.7 Å². The molecule has 0 aliphatic carbocycles. The van der Waals surface area contributed by atoms with Crippen molar-refractivity contribution in [1.29, 1.82) is 0 Å². The van der Waals surface area contributed by atoms with Crippen LogP contribution in [0.25, 0.3) is 21.5 Å². The van der Waals surface area contributed by atoms with Gasteiger partial charge in [0, 0.05) is 28.7 Å². The number of rotatable bonds is 2. The van der Waals surface area contributed by atoms with Crippen molar-refractivity contribution in [1.82, 2.24) is 0 Å². The summed E-state index contributed by atoms with van der Waals surface area (Å²) in [6.07, 6.45) is -0.0338. The molecule has 0 radical (unpaired) electrons. The number of carbonyl (C=O) groups excluding carboxylic acids is 2. The number of benzene rings is 4. The molecule has 1 N–H and O–H groups in total. The molecule has 0 unspecified atom stereocenters. The van der Waals surface area contributed by atoms with Gasteiger partial charge in [0.2, 0.25) is 0 Å². The van der Waals surface area contributed by atoms with Gasteiger partial charge in [-0.1, -0.05) is 48.5 Å². The number of phosphoric ester groups is 1. The fourth-order valence-corrected chi connectivity index (χ4v) is 5.01. The van der Waals surface area contributed by atoms with E-state index in [-0.39, 0.29) is 17.9 Å². The fourth-order valence-electron chi connectivity index (χ4n) is 4.10. The van der Waals surface area contributed by atoms with Crippen LogP contribution in [0.1, 0.15) is 31.8 Å².